The molecule has 1 heterocycles. The van der Waals surface area contributed by atoms with E-state index in [0.29, 0.717) is 21.6 Å². The number of guanidine groups is 1. The minimum atomic E-state index is -0.949. The zero-order chi connectivity index (χ0) is 15.4. The molecule has 0 fully saturated rings. The molecule has 0 radical (unpaired) electrons. The largest absolute Gasteiger partial charge is 0.493 e. The van der Waals surface area contributed by atoms with Crippen LogP contribution in [0.15, 0.2) is 31.5 Å². The number of benzene rings is 1. The molecule has 2 rings (SSSR count). The Bertz CT molecular complexity index is 793. The standard InChI is InChI=1S/C10H9N5O5S/c1-19-6-2-5(3-7-8(6)20-10(16)21-7)4-12-13-9(11)14-15(17)18/h2-4H,1H3,(H3,11,13,14)/b12-4-. The maximum absolute atomic E-state index is 11.2. The van der Waals surface area contributed by atoms with Gasteiger partial charge in [-0.2, -0.15) is 5.10 Å². The number of hydrogen-bond acceptors (Lipinski definition) is 7. The predicted octanol–water partition coefficient (Wildman–Crippen LogP) is 0.293. The second kappa shape index (κ2) is 6.00. The zero-order valence-electron chi connectivity index (χ0n) is 10.6. The number of nitrogens with zero attached hydrogens (tertiary/aromatic N) is 3. The molecule has 2 aromatic rings. The quantitative estimate of drug-likeness (QED) is 0.357. The van der Waals surface area contributed by atoms with Crippen molar-refractivity contribution in [1.29, 1.82) is 0 Å². The summed E-state index contributed by atoms with van der Waals surface area (Å²) >= 11 is 0.922. The summed E-state index contributed by atoms with van der Waals surface area (Å²) in [6.45, 7) is 0. The molecule has 0 aliphatic carbocycles. The van der Waals surface area contributed by atoms with Crippen molar-refractivity contribution < 1.29 is 14.2 Å². The summed E-state index contributed by atoms with van der Waals surface area (Å²) in [7, 11) is 1.44. The van der Waals surface area contributed by atoms with E-state index >= 15 is 0 Å². The predicted molar refractivity (Wildman–Crippen MR) is 76.3 cm³/mol. The van der Waals surface area contributed by atoms with E-state index in [1.165, 1.54) is 13.3 Å². The van der Waals surface area contributed by atoms with Crippen molar-refractivity contribution in [2.45, 2.75) is 0 Å². The van der Waals surface area contributed by atoms with Crippen molar-refractivity contribution in [3.8, 4) is 5.75 Å². The molecule has 11 heteroatoms. The lowest BCUT2D eigenvalue weighted by molar-refractivity contribution is -0.485. The van der Waals surface area contributed by atoms with Gasteiger partial charge in [0.15, 0.2) is 16.4 Å². The summed E-state index contributed by atoms with van der Waals surface area (Å²) in [4.78, 5) is 20.8. The first kappa shape index (κ1) is 14.5. The molecule has 0 aliphatic rings. The third-order valence-corrected chi connectivity index (χ3v) is 3.00. The van der Waals surface area contributed by atoms with Crippen LogP contribution >= 0.6 is 11.3 Å². The molecule has 110 valence electrons. The van der Waals surface area contributed by atoms with Crippen LogP contribution in [0, 0.1) is 10.1 Å². The molecule has 1 aromatic heterocycles. The Labute approximate surface area is 120 Å². The van der Waals surface area contributed by atoms with Crippen LogP contribution in [0.5, 0.6) is 5.75 Å². The van der Waals surface area contributed by atoms with Gasteiger partial charge in [0.05, 0.1) is 18.0 Å². The van der Waals surface area contributed by atoms with Gasteiger partial charge in [-0.3, -0.25) is 0 Å². The van der Waals surface area contributed by atoms with Crippen molar-refractivity contribution in [3.05, 3.63) is 37.5 Å². The summed E-state index contributed by atoms with van der Waals surface area (Å²) in [6.07, 6.45) is 1.34. The van der Waals surface area contributed by atoms with Gasteiger partial charge in [-0.15, -0.1) is 0 Å². The van der Waals surface area contributed by atoms with Crippen molar-refractivity contribution >= 4 is 33.8 Å². The molecule has 0 unspecified atom stereocenters. The fraction of sp³-hybridized carbons (Fsp3) is 0.100. The van der Waals surface area contributed by atoms with Gasteiger partial charge in [-0.1, -0.05) is 11.3 Å². The lowest BCUT2D eigenvalue weighted by atomic mass is 10.2. The molecule has 3 N–H and O–H groups in total. The average molecular weight is 311 g/mol. The van der Waals surface area contributed by atoms with E-state index in [0.717, 1.165) is 11.3 Å². The highest BCUT2D eigenvalue weighted by Gasteiger charge is 2.10. The van der Waals surface area contributed by atoms with Gasteiger partial charge in [0.1, 0.15) is 5.10 Å². The molecular formula is C10H9N5O5S. The smallest absolute Gasteiger partial charge is 0.396 e. The highest BCUT2D eigenvalue weighted by molar-refractivity contribution is 7.16. The van der Waals surface area contributed by atoms with Crippen molar-refractivity contribution in [2.75, 3.05) is 7.11 Å². The van der Waals surface area contributed by atoms with Crippen LogP contribution in [0.2, 0.25) is 0 Å². The Morgan fingerprint density at radius 3 is 3.05 bits per heavy atom. The van der Waals surface area contributed by atoms with Gasteiger partial charge in [0.25, 0.3) is 5.96 Å². The van der Waals surface area contributed by atoms with Gasteiger partial charge in [0.2, 0.25) is 0 Å². The molecule has 1 aromatic carbocycles. The molecule has 0 atom stereocenters. The number of hydrogen-bond donors (Lipinski definition) is 2. The summed E-state index contributed by atoms with van der Waals surface area (Å²) in [5.41, 5.74) is 8.31. The summed E-state index contributed by atoms with van der Waals surface area (Å²) in [6, 6.07) is 3.24. The first-order valence-corrected chi connectivity index (χ1v) is 6.20. The number of nitrogens with two attached hydrogens (primary N) is 1. The van der Waals surface area contributed by atoms with E-state index in [9.17, 15) is 14.9 Å². The molecule has 0 saturated carbocycles. The summed E-state index contributed by atoms with van der Waals surface area (Å²) < 4.78 is 10.7. The minimum Gasteiger partial charge on any atom is -0.493 e. The van der Waals surface area contributed by atoms with Crippen LogP contribution in [-0.2, 0) is 0 Å². The number of fused-ring (bicyclic) bond motifs is 1. The van der Waals surface area contributed by atoms with Crippen molar-refractivity contribution in [3.63, 3.8) is 0 Å². The van der Waals surface area contributed by atoms with Gasteiger partial charge in [-0.05, 0) is 17.7 Å². The molecular weight excluding hydrogens is 302 g/mol. The Balaban J connectivity index is 2.26. The minimum absolute atomic E-state index is 0.354. The molecule has 10 nitrogen and oxygen atoms in total. The topological polar surface area (TPSA) is 145 Å². The van der Waals surface area contributed by atoms with Crippen molar-refractivity contribution in [2.24, 2.45) is 15.9 Å². The number of hydrazone groups is 2. The van der Waals surface area contributed by atoms with Crippen LogP contribution in [0.1, 0.15) is 5.56 Å². The third kappa shape index (κ3) is 3.54. The van der Waals surface area contributed by atoms with E-state index in [2.05, 4.69) is 15.6 Å². The summed E-state index contributed by atoms with van der Waals surface area (Å²) in [5, 5.41) is 15.6. The van der Waals surface area contributed by atoms with Gasteiger partial charge < -0.3 is 14.9 Å². The van der Waals surface area contributed by atoms with E-state index in [4.69, 9.17) is 14.9 Å². The lowest BCUT2D eigenvalue weighted by Gasteiger charge is -2.01. The fourth-order valence-corrected chi connectivity index (χ4v) is 2.21. The number of methoxy groups -OCH3 is 1. The van der Waals surface area contributed by atoms with Crippen LogP contribution in [-0.4, -0.2) is 24.3 Å². The fourth-order valence-electron chi connectivity index (χ4n) is 1.48. The number of rotatable bonds is 4. The molecule has 21 heavy (non-hydrogen) atoms. The number of nitro groups is 1. The van der Waals surface area contributed by atoms with Gasteiger partial charge in [-0.25, -0.2) is 20.3 Å². The van der Waals surface area contributed by atoms with Gasteiger partial charge in [0, 0.05) is 0 Å². The van der Waals surface area contributed by atoms with Crippen LogP contribution in [0.4, 0.5) is 0 Å². The van der Waals surface area contributed by atoms with E-state index in [-0.39, 0.29) is 0 Å². The van der Waals surface area contributed by atoms with Gasteiger partial charge >= 0.3 is 4.94 Å². The van der Waals surface area contributed by atoms with E-state index in [1.807, 2.05) is 0 Å². The first-order chi connectivity index (χ1) is 9.99. The lowest BCUT2D eigenvalue weighted by Crippen LogP contribution is -2.28. The Morgan fingerprint density at radius 2 is 2.38 bits per heavy atom. The third-order valence-electron chi connectivity index (χ3n) is 2.22. The molecule has 0 amide bonds. The summed E-state index contributed by atoms with van der Waals surface area (Å²) in [5.74, 6) is -0.0866. The van der Waals surface area contributed by atoms with E-state index < -0.39 is 15.9 Å². The zero-order valence-corrected chi connectivity index (χ0v) is 11.4. The highest BCUT2D eigenvalue weighted by atomic mass is 32.1. The second-order valence-corrected chi connectivity index (χ2v) is 4.57. The first-order valence-electron chi connectivity index (χ1n) is 5.39. The normalized spacial score (nSPS) is 12.0. The number of nitrogens with one attached hydrogen (secondary N) is 1. The molecule has 0 bridgehead atoms. The van der Waals surface area contributed by atoms with Crippen LogP contribution in [0.25, 0.3) is 10.3 Å². The average Bonchev–Trinajstić information content (AvgIpc) is 2.77. The second-order valence-electron chi connectivity index (χ2n) is 3.60. The Morgan fingerprint density at radius 1 is 1.62 bits per heavy atom. The number of ether oxygens (including phenoxy) is 1. The SMILES string of the molecule is COc1cc(/C=N\N/C(N)=N\[N+](=O)[O-])cc2sc(=O)oc12. The van der Waals surface area contributed by atoms with E-state index in [1.54, 1.807) is 12.1 Å². The van der Waals surface area contributed by atoms with Crippen molar-refractivity contribution in [1.82, 2.24) is 5.43 Å². The Kier molecular flexibility index (Phi) is 4.13. The van der Waals surface area contributed by atoms with Crippen LogP contribution in [0.3, 0.4) is 0 Å². The monoisotopic (exact) mass is 311 g/mol. The van der Waals surface area contributed by atoms with Crippen LogP contribution < -0.4 is 20.8 Å². The Hall–Kier alpha value is -2.95. The molecule has 0 aliphatic heterocycles. The molecule has 0 spiro atoms. The molecule has 0 saturated heterocycles. The highest BCUT2D eigenvalue weighted by Crippen LogP contribution is 2.28. The maximum Gasteiger partial charge on any atom is 0.396 e. The maximum atomic E-state index is 11.2.